The lowest BCUT2D eigenvalue weighted by Crippen LogP contribution is -1.88. The molecule has 0 radical (unpaired) electrons. The van der Waals surface area contributed by atoms with E-state index in [4.69, 9.17) is 27.9 Å². The zero-order chi connectivity index (χ0) is 10.1. The molecule has 0 saturated carbocycles. The molecule has 2 aromatic rings. The Morgan fingerprint density at radius 3 is 2.79 bits per heavy atom. The molecular formula is C10H7Cl2NO. The zero-order valence-electron chi connectivity index (χ0n) is 7.42. The lowest BCUT2D eigenvalue weighted by molar-refractivity contribution is 0.419. The van der Waals surface area contributed by atoms with Gasteiger partial charge >= 0.3 is 0 Å². The van der Waals surface area contributed by atoms with Gasteiger partial charge in [0.2, 0.25) is 0 Å². The Labute approximate surface area is 91.4 Å². The predicted octanol–water partition coefficient (Wildman–Crippen LogP) is 3.55. The molecule has 0 amide bonds. The monoisotopic (exact) mass is 227 g/mol. The highest BCUT2D eigenvalue weighted by atomic mass is 35.5. The van der Waals surface area contributed by atoms with Crippen molar-refractivity contribution in [3.63, 3.8) is 0 Å². The molecule has 2 rings (SSSR count). The molecule has 1 aromatic carbocycles. The molecule has 0 unspecified atom stereocenters. The van der Waals surface area contributed by atoms with E-state index in [1.807, 2.05) is 18.2 Å². The number of benzene rings is 1. The average Bonchev–Trinajstić information content (AvgIpc) is 2.19. The third kappa shape index (κ3) is 1.51. The number of hydrogen-bond donors (Lipinski definition) is 0. The largest absolute Gasteiger partial charge is 0.494 e. The molecule has 0 bridgehead atoms. The third-order valence-electron chi connectivity index (χ3n) is 1.94. The van der Waals surface area contributed by atoms with Crippen LogP contribution < -0.4 is 4.74 Å². The van der Waals surface area contributed by atoms with Crippen molar-refractivity contribution in [2.75, 3.05) is 7.11 Å². The number of rotatable bonds is 1. The van der Waals surface area contributed by atoms with Gasteiger partial charge in [-0.25, -0.2) is 4.98 Å². The van der Waals surface area contributed by atoms with Crippen LogP contribution in [-0.2, 0) is 0 Å². The summed E-state index contributed by atoms with van der Waals surface area (Å²) in [6, 6.07) is 7.40. The first-order chi connectivity index (χ1) is 6.72. The van der Waals surface area contributed by atoms with Crippen LogP contribution in [0.25, 0.3) is 10.9 Å². The predicted molar refractivity (Wildman–Crippen MR) is 58.3 cm³/mol. The maximum Gasteiger partial charge on any atom is 0.148 e. The van der Waals surface area contributed by atoms with Crippen LogP contribution in [0.2, 0.25) is 10.2 Å². The molecule has 1 aromatic heterocycles. The molecule has 0 spiro atoms. The molecule has 4 heteroatoms. The van der Waals surface area contributed by atoms with E-state index in [2.05, 4.69) is 4.98 Å². The Morgan fingerprint density at radius 2 is 2.07 bits per heavy atom. The van der Waals surface area contributed by atoms with Crippen LogP contribution in [0.4, 0.5) is 0 Å². The molecule has 14 heavy (non-hydrogen) atoms. The molecule has 2 nitrogen and oxygen atoms in total. The van der Waals surface area contributed by atoms with Crippen molar-refractivity contribution in [2.45, 2.75) is 0 Å². The number of hydrogen-bond acceptors (Lipinski definition) is 2. The standard InChI is InChI=1S/C10H7Cl2NO/c1-14-8-4-2-3-6-5-7(11)10(12)13-9(6)8/h2-5H,1H3. The number of fused-ring (bicyclic) bond motifs is 1. The first-order valence-corrected chi connectivity index (χ1v) is 4.76. The van der Waals surface area contributed by atoms with Crippen LogP contribution in [0.5, 0.6) is 5.75 Å². The second-order valence-electron chi connectivity index (χ2n) is 2.79. The zero-order valence-corrected chi connectivity index (χ0v) is 8.93. The minimum Gasteiger partial charge on any atom is -0.494 e. The van der Waals surface area contributed by atoms with Crippen molar-refractivity contribution in [2.24, 2.45) is 0 Å². The van der Waals surface area contributed by atoms with Crippen molar-refractivity contribution in [3.8, 4) is 5.75 Å². The van der Waals surface area contributed by atoms with Crippen LogP contribution in [0, 0.1) is 0 Å². The van der Waals surface area contributed by atoms with Crippen molar-refractivity contribution in [1.29, 1.82) is 0 Å². The molecule has 0 saturated heterocycles. The summed E-state index contributed by atoms with van der Waals surface area (Å²) in [7, 11) is 1.60. The van der Waals surface area contributed by atoms with Gasteiger partial charge in [-0.15, -0.1) is 0 Å². The summed E-state index contributed by atoms with van der Waals surface area (Å²) < 4.78 is 5.16. The fraction of sp³-hybridized carbons (Fsp3) is 0.100. The fourth-order valence-corrected chi connectivity index (χ4v) is 1.59. The Balaban J connectivity index is 2.81. The van der Waals surface area contributed by atoms with Gasteiger partial charge < -0.3 is 4.74 Å². The van der Waals surface area contributed by atoms with Crippen molar-refractivity contribution < 1.29 is 4.74 Å². The van der Waals surface area contributed by atoms with Gasteiger partial charge in [0, 0.05) is 5.39 Å². The van der Waals surface area contributed by atoms with Crippen molar-refractivity contribution in [3.05, 3.63) is 34.4 Å². The second-order valence-corrected chi connectivity index (χ2v) is 3.56. The number of halogens is 2. The van der Waals surface area contributed by atoms with Crippen LogP contribution in [0.3, 0.4) is 0 Å². The molecule has 0 fully saturated rings. The lowest BCUT2D eigenvalue weighted by Gasteiger charge is -2.05. The van der Waals surface area contributed by atoms with Crippen LogP contribution >= 0.6 is 23.2 Å². The maximum absolute atomic E-state index is 5.85. The number of pyridine rings is 1. The van der Waals surface area contributed by atoms with Gasteiger partial charge in [-0.3, -0.25) is 0 Å². The van der Waals surface area contributed by atoms with Gasteiger partial charge in [0.1, 0.15) is 16.4 Å². The number of methoxy groups -OCH3 is 1. The summed E-state index contributed by atoms with van der Waals surface area (Å²) in [6.45, 7) is 0. The highest BCUT2D eigenvalue weighted by molar-refractivity contribution is 6.41. The minimum absolute atomic E-state index is 0.295. The van der Waals surface area contributed by atoms with Gasteiger partial charge in [-0.05, 0) is 12.1 Å². The van der Waals surface area contributed by atoms with E-state index in [0.29, 0.717) is 15.9 Å². The smallest absolute Gasteiger partial charge is 0.148 e. The van der Waals surface area contributed by atoms with E-state index in [1.54, 1.807) is 13.2 Å². The summed E-state index contributed by atoms with van der Waals surface area (Å²) in [6.07, 6.45) is 0. The third-order valence-corrected chi connectivity index (χ3v) is 2.61. The number of para-hydroxylation sites is 1. The SMILES string of the molecule is COc1cccc2cc(Cl)c(Cl)nc12. The Kier molecular flexibility index (Phi) is 2.48. The van der Waals surface area contributed by atoms with E-state index >= 15 is 0 Å². The molecule has 0 aliphatic rings. The molecule has 1 heterocycles. The quantitative estimate of drug-likeness (QED) is 0.696. The van der Waals surface area contributed by atoms with E-state index in [1.165, 1.54) is 0 Å². The van der Waals surface area contributed by atoms with E-state index < -0.39 is 0 Å². The topological polar surface area (TPSA) is 22.1 Å². The van der Waals surface area contributed by atoms with E-state index in [0.717, 1.165) is 10.9 Å². The van der Waals surface area contributed by atoms with E-state index in [-0.39, 0.29) is 0 Å². The summed E-state index contributed by atoms with van der Waals surface area (Å²) >= 11 is 11.7. The highest BCUT2D eigenvalue weighted by Crippen LogP contribution is 2.29. The lowest BCUT2D eigenvalue weighted by atomic mass is 10.2. The summed E-state index contributed by atoms with van der Waals surface area (Å²) in [5.41, 5.74) is 0.726. The minimum atomic E-state index is 0.295. The molecule has 0 atom stereocenters. The molecule has 0 N–H and O–H groups in total. The number of nitrogens with zero attached hydrogens (tertiary/aromatic N) is 1. The average molecular weight is 228 g/mol. The second kappa shape index (κ2) is 3.64. The highest BCUT2D eigenvalue weighted by Gasteiger charge is 2.06. The fourth-order valence-electron chi connectivity index (χ4n) is 1.29. The molecule has 0 aliphatic carbocycles. The van der Waals surface area contributed by atoms with Gasteiger partial charge in [0.15, 0.2) is 0 Å². The Hall–Kier alpha value is -0.990. The van der Waals surface area contributed by atoms with E-state index in [9.17, 15) is 0 Å². The first-order valence-electron chi connectivity index (χ1n) is 4.01. The van der Waals surface area contributed by atoms with Crippen LogP contribution in [0.15, 0.2) is 24.3 Å². The molecule has 0 aliphatic heterocycles. The molecular weight excluding hydrogens is 221 g/mol. The maximum atomic E-state index is 5.85. The van der Waals surface area contributed by atoms with Crippen LogP contribution in [0.1, 0.15) is 0 Å². The molecule has 72 valence electrons. The van der Waals surface area contributed by atoms with Crippen molar-refractivity contribution >= 4 is 34.1 Å². The van der Waals surface area contributed by atoms with Crippen molar-refractivity contribution in [1.82, 2.24) is 4.98 Å². The Morgan fingerprint density at radius 1 is 1.29 bits per heavy atom. The number of ether oxygens (including phenoxy) is 1. The number of aromatic nitrogens is 1. The first kappa shape index (κ1) is 9.56. The normalized spacial score (nSPS) is 10.5. The summed E-state index contributed by atoms with van der Waals surface area (Å²) in [5.74, 6) is 0.695. The Bertz CT molecular complexity index is 485. The van der Waals surface area contributed by atoms with Gasteiger partial charge in [0.25, 0.3) is 0 Å². The van der Waals surface area contributed by atoms with Gasteiger partial charge in [-0.1, -0.05) is 35.3 Å². The van der Waals surface area contributed by atoms with Gasteiger partial charge in [-0.2, -0.15) is 0 Å². The van der Waals surface area contributed by atoms with Gasteiger partial charge in [0.05, 0.1) is 12.1 Å². The van der Waals surface area contributed by atoms with Crippen LogP contribution in [-0.4, -0.2) is 12.1 Å². The summed E-state index contributed by atoms with van der Waals surface area (Å²) in [4.78, 5) is 4.15. The summed E-state index contributed by atoms with van der Waals surface area (Å²) in [5, 5.41) is 1.66.